The number of amides is 1. The first kappa shape index (κ1) is 10.3. The zero-order valence-electron chi connectivity index (χ0n) is 8.29. The van der Waals surface area contributed by atoms with Gasteiger partial charge in [0.2, 0.25) is 0 Å². The molecule has 1 fully saturated rings. The van der Waals surface area contributed by atoms with Crippen LogP contribution in [0.15, 0.2) is 0 Å². The van der Waals surface area contributed by atoms with Gasteiger partial charge in [-0.1, -0.05) is 13.3 Å². The SMILES string of the molecule is CCC[C@@H]1CN[C@@H](C)CN1C(=O)O. The minimum atomic E-state index is -0.785. The van der Waals surface area contributed by atoms with Gasteiger partial charge in [0, 0.05) is 25.2 Å². The number of piperazine rings is 1. The second-order valence-corrected chi connectivity index (χ2v) is 3.69. The molecule has 0 radical (unpaired) electrons. The maximum atomic E-state index is 10.9. The van der Waals surface area contributed by atoms with E-state index in [-0.39, 0.29) is 12.1 Å². The first-order valence-electron chi connectivity index (χ1n) is 4.88. The van der Waals surface area contributed by atoms with Gasteiger partial charge in [0.05, 0.1) is 0 Å². The van der Waals surface area contributed by atoms with Crippen molar-refractivity contribution in [3.8, 4) is 0 Å². The molecule has 1 rings (SSSR count). The number of nitrogens with one attached hydrogen (secondary N) is 1. The van der Waals surface area contributed by atoms with Gasteiger partial charge in [0.25, 0.3) is 0 Å². The molecule has 0 aromatic carbocycles. The average Bonchev–Trinajstić information content (AvgIpc) is 2.08. The van der Waals surface area contributed by atoms with Crippen LogP contribution in [0.3, 0.4) is 0 Å². The second-order valence-electron chi connectivity index (χ2n) is 3.69. The van der Waals surface area contributed by atoms with Crippen molar-refractivity contribution in [1.29, 1.82) is 0 Å². The number of carboxylic acid groups (broad SMARTS) is 1. The first-order chi connectivity index (χ1) is 6.15. The highest BCUT2D eigenvalue weighted by Crippen LogP contribution is 2.11. The van der Waals surface area contributed by atoms with E-state index in [0.717, 1.165) is 19.4 Å². The molecule has 4 nitrogen and oxygen atoms in total. The number of hydrogen-bond acceptors (Lipinski definition) is 2. The van der Waals surface area contributed by atoms with Crippen LogP contribution in [0.1, 0.15) is 26.7 Å². The van der Waals surface area contributed by atoms with Crippen LogP contribution in [0.25, 0.3) is 0 Å². The molecule has 0 aromatic rings. The van der Waals surface area contributed by atoms with E-state index in [0.29, 0.717) is 6.54 Å². The lowest BCUT2D eigenvalue weighted by Gasteiger charge is -2.37. The fourth-order valence-electron chi connectivity index (χ4n) is 1.78. The van der Waals surface area contributed by atoms with Crippen LogP contribution >= 0.6 is 0 Å². The Bertz CT molecular complexity index is 184. The van der Waals surface area contributed by atoms with Gasteiger partial charge in [-0.3, -0.25) is 0 Å². The first-order valence-corrected chi connectivity index (χ1v) is 4.88. The molecule has 0 saturated carbocycles. The van der Waals surface area contributed by atoms with E-state index in [1.807, 2.05) is 6.92 Å². The Morgan fingerprint density at radius 3 is 2.92 bits per heavy atom. The van der Waals surface area contributed by atoms with Crippen LogP contribution in [0.2, 0.25) is 0 Å². The van der Waals surface area contributed by atoms with E-state index >= 15 is 0 Å². The Morgan fingerprint density at radius 2 is 2.38 bits per heavy atom. The summed E-state index contributed by atoms with van der Waals surface area (Å²) in [6.45, 7) is 5.50. The van der Waals surface area contributed by atoms with Crippen molar-refractivity contribution in [2.24, 2.45) is 0 Å². The van der Waals surface area contributed by atoms with Gasteiger partial charge >= 0.3 is 6.09 Å². The zero-order chi connectivity index (χ0) is 9.84. The molecule has 2 N–H and O–H groups in total. The fraction of sp³-hybridized carbons (Fsp3) is 0.889. The van der Waals surface area contributed by atoms with Crippen molar-refractivity contribution < 1.29 is 9.90 Å². The lowest BCUT2D eigenvalue weighted by Crippen LogP contribution is -2.57. The van der Waals surface area contributed by atoms with Gasteiger partial charge in [-0.2, -0.15) is 0 Å². The lowest BCUT2D eigenvalue weighted by atomic mass is 10.1. The van der Waals surface area contributed by atoms with Gasteiger partial charge in [-0.25, -0.2) is 4.79 Å². The van der Waals surface area contributed by atoms with E-state index < -0.39 is 6.09 Å². The van der Waals surface area contributed by atoms with Crippen LogP contribution in [-0.2, 0) is 0 Å². The molecule has 1 heterocycles. The summed E-state index contributed by atoms with van der Waals surface area (Å²) in [7, 11) is 0. The number of hydrogen-bond donors (Lipinski definition) is 2. The summed E-state index contributed by atoms with van der Waals surface area (Å²) in [5.74, 6) is 0. The Balaban J connectivity index is 2.55. The monoisotopic (exact) mass is 186 g/mol. The summed E-state index contributed by atoms with van der Waals surface area (Å²) in [5, 5.41) is 12.2. The van der Waals surface area contributed by atoms with E-state index in [9.17, 15) is 4.79 Å². The molecule has 1 amide bonds. The summed E-state index contributed by atoms with van der Waals surface area (Å²) in [5.41, 5.74) is 0. The van der Waals surface area contributed by atoms with Crippen LogP contribution in [0.5, 0.6) is 0 Å². The maximum absolute atomic E-state index is 10.9. The summed E-state index contributed by atoms with van der Waals surface area (Å²) < 4.78 is 0. The molecule has 2 atom stereocenters. The highest BCUT2D eigenvalue weighted by atomic mass is 16.4. The van der Waals surface area contributed by atoms with E-state index in [1.54, 1.807) is 4.90 Å². The van der Waals surface area contributed by atoms with Crippen LogP contribution in [0, 0.1) is 0 Å². The van der Waals surface area contributed by atoms with Crippen molar-refractivity contribution in [1.82, 2.24) is 10.2 Å². The number of carbonyl (C=O) groups is 1. The minimum absolute atomic E-state index is 0.165. The summed E-state index contributed by atoms with van der Waals surface area (Å²) >= 11 is 0. The Kier molecular flexibility index (Phi) is 3.54. The number of rotatable bonds is 2. The topological polar surface area (TPSA) is 52.6 Å². The minimum Gasteiger partial charge on any atom is -0.465 e. The highest BCUT2D eigenvalue weighted by Gasteiger charge is 2.28. The third-order valence-electron chi connectivity index (χ3n) is 2.48. The molecule has 76 valence electrons. The summed E-state index contributed by atoms with van der Waals surface area (Å²) in [4.78, 5) is 12.4. The summed E-state index contributed by atoms with van der Waals surface area (Å²) in [6.07, 6.45) is 1.20. The van der Waals surface area contributed by atoms with E-state index in [4.69, 9.17) is 5.11 Å². The summed E-state index contributed by atoms with van der Waals surface area (Å²) in [6, 6.07) is 0.447. The predicted molar refractivity (Wildman–Crippen MR) is 50.9 cm³/mol. The van der Waals surface area contributed by atoms with Gasteiger partial charge in [0.1, 0.15) is 0 Å². The van der Waals surface area contributed by atoms with E-state index in [2.05, 4.69) is 12.2 Å². The van der Waals surface area contributed by atoms with Crippen molar-refractivity contribution in [3.05, 3.63) is 0 Å². The molecule has 0 unspecified atom stereocenters. The Morgan fingerprint density at radius 1 is 1.69 bits per heavy atom. The van der Waals surface area contributed by atoms with Gasteiger partial charge < -0.3 is 15.3 Å². The molecular formula is C9H18N2O2. The quantitative estimate of drug-likeness (QED) is 0.679. The average molecular weight is 186 g/mol. The molecule has 0 bridgehead atoms. The van der Waals surface area contributed by atoms with Crippen molar-refractivity contribution >= 4 is 6.09 Å². The zero-order valence-corrected chi connectivity index (χ0v) is 8.29. The number of nitrogens with zero attached hydrogens (tertiary/aromatic N) is 1. The maximum Gasteiger partial charge on any atom is 0.407 e. The second kappa shape index (κ2) is 4.46. The third-order valence-corrected chi connectivity index (χ3v) is 2.48. The predicted octanol–water partition coefficient (Wildman–Crippen LogP) is 1.13. The molecule has 0 spiro atoms. The molecular weight excluding hydrogens is 168 g/mol. The molecule has 1 aliphatic rings. The van der Waals surface area contributed by atoms with Crippen molar-refractivity contribution in [2.75, 3.05) is 13.1 Å². The lowest BCUT2D eigenvalue weighted by molar-refractivity contribution is 0.0976. The van der Waals surface area contributed by atoms with Crippen LogP contribution in [-0.4, -0.2) is 41.3 Å². The van der Waals surface area contributed by atoms with Gasteiger partial charge in [0.15, 0.2) is 0 Å². The molecule has 4 heteroatoms. The highest BCUT2D eigenvalue weighted by molar-refractivity contribution is 5.65. The fourth-order valence-corrected chi connectivity index (χ4v) is 1.78. The molecule has 1 aliphatic heterocycles. The smallest absolute Gasteiger partial charge is 0.407 e. The van der Waals surface area contributed by atoms with Crippen molar-refractivity contribution in [3.63, 3.8) is 0 Å². The third kappa shape index (κ3) is 2.59. The molecule has 13 heavy (non-hydrogen) atoms. The normalized spacial score (nSPS) is 28.9. The van der Waals surface area contributed by atoms with Gasteiger partial charge in [-0.05, 0) is 13.3 Å². The Labute approximate surface area is 78.9 Å². The largest absolute Gasteiger partial charge is 0.465 e. The Hall–Kier alpha value is -0.770. The van der Waals surface area contributed by atoms with Gasteiger partial charge in [-0.15, -0.1) is 0 Å². The molecule has 0 aromatic heterocycles. The molecule has 0 aliphatic carbocycles. The van der Waals surface area contributed by atoms with E-state index in [1.165, 1.54) is 0 Å². The van der Waals surface area contributed by atoms with Crippen molar-refractivity contribution in [2.45, 2.75) is 38.8 Å². The van der Waals surface area contributed by atoms with Crippen LogP contribution < -0.4 is 5.32 Å². The molecule has 1 saturated heterocycles. The van der Waals surface area contributed by atoms with Crippen LogP contribution in [0.4, 0.5) is 4.79 Å². The standard InChI is InChI=1S/C9H18N2O2/c1-3-4-8-5-10-7(2)6-11(8)9(12)13/h7-8,10H,3-6H2,1-2H3,(H,12,13)/t7-,8+/m0/s1.